The predicted octanol–water partition coefficient (Wildman–Crippen LogP) is 3.46. The summed E-state index contributed by atoms with van der Waals surface area (Å²) in [6.07, 6.45) is 8.91. The van der Waals surface area contributed by atoms with Crippen LogP contribution in [-0.4, -0.2) is 40.0 Å². The van der Waals surface area contributed by atoms with Gasteiger partial charge in [0.15, 0.2) is 0 Å². The Kier molecular flexibility index (Phi) is 5.76. The summed E-state index contributed by atoms with van der Waals surface area (Å²) in [6.45, 7) is 1.25. The average molecular weight is 394 g/mol. The van der Waals surface area contributed by atoms with E-state index in [9.17, 15) is 8.42 Å². The quantitative estimate of drug-likeness (QED) is 0.836. The third-order valence-corrected chi connectivity index (χ3v) is 7.32. The molecule has 2 saturated carbocycles. The summed E-state index contributed by atoms with van der Waals surface area (Å²) in [4.78, 5) is 0. The Morgan fingerprint density at radius 2 is 1.78 bits per heavy atom. The maximum Gasteiger partial charge on any atom is 0.208 e. The Morgan fingerprint density at radius 3 is 2.56 bits per heavy atom. The van der Waals surface area contributed by atoms with Crippen molar-refractivity contribution in [3.63, 3.8) is 0 Å². The summed E-state index contributed by atoms with van der Waals surface area (Å²) in [5, 5.41) is 0. The molecule has 1 N–H and O–H groups in total. The second-order valence-electron chi connectivity index (χ2n) is 8.51. The van der Waals surface area contributed by atoms with Gasteiger partial charge in [-0.1, -0.05) is 24.6 Å². The van der Waals surface area contributed by atoms with Crippen LogP contribution in [0.15, 0.2) is 24.3 Å². The smallest absolute Gasteiger partial charge is 0.208 e. The minimum Gasteiger partial charge on any atom is -0.493 e. The minimum absolute atomic E-state index is 0.0585. The number of hydrogen-bond donors (Lipinski definition) is 1. The molecule has 6 heteroatoms. The molecule has 1 aromatic rings. The molecule has 0 saturated heterocycles. The molecule has 0 aromatic heterocycles. The number of ether oxygens (including phenoxy) is 2. The zero-order valence-corrected chi connectivity index (χ0v) is 16.9. The largest absolute Gasteiger partial charge is 0.493 e. The lowest BCUT2D eigenvalue weighted by Crippen LogP contribution is -2.48. The summed E-state index contributed by atoms with van der Waals surface area (Å²) in [5.74, 6) is 2.04. The molecule has 5 rings (SSSR count). The molecular formula is C21H31NO4S. The van der Waals surface area contributed by atoms with Crippen molar-refractivity contribution in [3.8, 4) is 5.75 Å². The summed E-state index contributed by atoms with van der Waals surface area (Å²) in [5.41, 5.74) is 1.33. The molecule has 2 aliphatic carbocycles. The van der Waals surface area contributed by atoms with Crippen LogP contribution in [0.2, 0.25) is 0 Å². The second kappa shape index (κ2) is 8.10. The average Bonchev–Trinajstić information content (AvgIpc) is 2.64. The Hall–Kier alpha value is -1.11. The van der Waals surface area contributed by atoms with Crippen molar-refractivity contribution in [2.75, 3.05) is 19.5 Å². The van der Waals surface area contributed by atoms with Crippen molar-refractivity contribution < 1.29 is 17.9 Å². The highest BCUT2D eigenvalue weighted by atomic mass is 32.2. The minimum atomic E-state index is -3.23. The zero-order chi connectivity index (χ0) is 18.9. The van der Waals surface area contributed by atoms with E-state index in [1.807, 2.05) is 6.07 Å². The van der Waals surface area contributed by atoms with Crippen molar-refractivity contribution in [1.82, 2.24) is 4.72 Å². The molecule has 2 aliphatic heterocycles. The summed E-state index contributed by atoms with van der Waals surface area (Å²) in [6, 6.07) is 8.39. The summed E-state index contributed by atoms with van der Waals surface area (Å²) >= 11 is 0. The van der Waals surface area contributed by atoms with E-state index in [-0.39, 0.29) is 12.0 Å². The number of sulfonamides is 1. The summed E-state index contributed by atoms with van der Waals surface area (Å²) in [7, 11) is -3.23. The molecule has 1 unspecified atom stereocenters. The SMILES string of the molecule is CS(=O)(=O)N[C@H]1CCCC2COc3ccccc3[C@H]3CC[C@H](CC3)OC[C@H]21. The van der Waals surface area contributed by atoms with Gasteiger partial charge in [-0.15, -0.1) is 0 Å². The van der Waals surface area contributed by atoms with E-state index in [1.54, 1.807) is 0 Å². The Morgan fingerprint density at radius 1 is 1.00 bits per heavy atom. The van der Waals surface area contributed by atoms with Gasteiger partial charge in [-0.05, 0) is 62.0 Å². The molecular weight excluding hydrogens is 362 g/mol. The van der Waals surface area contributed by atoms with Crippen molar-refractivity contribution in [2.24, 2.45) is 11.8 Å². The molecule has 0 amide bonds. The number of hydrogen-bond acceptors (Lipinski definition) is 4. The fourth-order valence-electron chi connectivity index (χ4n) is 5.17. The van der Waals surface area contributed by atoms with Crippen LogP contribution in [0.5, 0.6) is 5.75 Å². The third kappa shape index (κ3) is 4.66. The Balaban J connectivity index is 1.60. The van der Waals surface area contributed by atoms with E-state index >= 15 is 0 Å². The molecule has 27 heavy (non-hydrogen) atoms. The van der Waals surface area contributed by atoms with Crippen LogP contribution in [0.3, 0.4) is 0 Å². The van der Waals surface area contributed by atoms with Crippen molar-refractivity contribution in [3.05, 3.63) is 29.8 Å². The first-order valence-corrected chi connectivity index (χ1v) is 12.2. The van der Waals surface area contributed by atoms with Gasteiger partial charge in [0.2, 0.25) is 10.0 Å². The lowest BCUT2D eigenvalue weighted by atomic mass is 9.76. The fourth-order valence-corrected chi connectivity index (χ4v) is 6.01. The number of rotatable bonds is 2. The molecule has 5 nitrogen and oxygen atoms in total. The van der Waals surface area contributed by atoms with Gasteiger partial charge in [0.25, 0.3) is 0 Å². The van der Waals surface area contributed by atoms with Crippen LogP contribution < -0.4 is 9.46 Å². The standard InChI is InChI=1S/C21H31NO4S/c1-27(23,24)22-20-7-4-5-16-13-26-21-8-3-2-6-18(21)15-9-11-17(12-10-15)25-14-19(16)20/h2-3,6,8,15-17,19-20,22H,4-5,7,9-14H2,1H3/t15-,16?,17+,19-,20+/m1/s1. The fraction of sp³-hybridized carbons (Fsp3) is 0.714. The second-order valence-corrected chi connectivity index (χ2v) is 10.3. The van der Waals surface area contributed by atoms with Crippen molar-refractivity contribution in [1.29, 1.82) is 0 Å². The van der Waals surface area contributed by atoms with Gasteiger partial charge in [0.05, 0.1) is 25.6 Å². The van der Waals surface area contributed by atoms with Gasteiger partial charge in [-0.3, -0.25) is 0 Å². The number of benzene rings is 1. The highest BCUT2D eigenvalue weighted by molar-refractivity contribution is 7.88. The Bertz CT molecular complexity index is 742. The van der Waals surface area contributed by atoms with Gasteiger partial charge in [0.1, 0.15) is 5.75 Å². The normalized spacial score (nSPS) is 34.5. The lowest BCUT2D eigenvalue weighted by molar-refractivity contribution is -0.0298. The van der Waals surface area contributed by atoms with Gasteiger partial charge in [-0.2, -0.15) is 0 Å². The maximum atomic E-state index is 11.9. The number of fused-ring (bicyclic) bond motifs is 4. The molecule has 1 aromatic carbocycles. The predicted molar refractivity (Wildman–Crippen MR) is 105 cm³/mol. The monoisotopic (exact) mass is 393 g/mol. The highest BCUT2D eigenvalue weighted by Gasteiger charge is 2.37. The van der Waals surface area contributed by atoms with E-state index in [0.717, 1.165) is 50.7 Å². The molecule has 4 aliphatic rings. The maximum absolute atomic E-state index is 11.9. The summed E-state index contributed by atoms with van der Waals surface area (Å²) < 4.78 is 39.2. The molecule has 150 valence electrons. The molecule has 2 bridgehead atoms. The van der Waals surface area contributed by atoms with E-state index in [0.29, 0.717) is 31.2 Å². The third-order valence-electron chi connectivity index (χ3n) is 6.59. The number of nitrogens with one attached hydrogen (secondary N) is 1. The first-order chi connectivity index (χ1) is 13.0. The van der Waals surface area contributed by atoms with E-state index < -0.39 is 10.0 Å². The van der Waals surface area contributed by atoms with Crippen LogP contribution in [0.25, 0.3) is 0 Å². The van der Waals surface area contributed by atoms with Crippen LogP contribution in [0.4, 0.5) is 0 Å². The van der Waals surface area contributed by atoms with Crippen molar-refractivity contribution in [2.45, 2.75) is 63.0 Å². The zero-order valence-electron chi connectivity index (χ0n) is 16.1. The van der Waals surface area contributed by atoms with Crippen molar-refractivity contribution >= 4 is 10.0 Å². The first-order valence-electron chi connectivity index (χ1n) is 10.3. The molecule has 0 radical (unpaired) electrons. The van der Waals surface area contributed by atoms with E-state index in [1.165, 1.54) is 11.8 Å². The topological polar surface area (TPSA) is 64.6 Å². The lowest BCUT2D eigenvalue weighted by Gasteiger charge is -2.40. The molecule has 2 fully saturated rings. The van der Waals surface area contributed by atoms with Gasteiger partial charge in [-0.25, -0.2) is 13.1 Å². The molecule has 3 atom stereocenters. The van der Waals surface area contributed by atoms with Gasteiger partial charge < -0.3 is 9.47 Å². The highest BCUT2D eigenvalue weighted by Crippen LogP contribution is 2.40. The molecule has 2 heterocycles. The molecule has 0 spiro atoms. The first kappa shape index (κ1) is 19.2. The van der Waals surface area contributed by atoms with Gasteiger partial charge >= 0.3 is 0 Å². The Labute approximate surface area is 162 Å². The van der Waals surface area contributed by atoms with E-state index in [4.69, 9.17) is 9.47 Å². The van der Waals surface area contributed by atoms with E-state index in [2.05, 4.69) is 22.9 Å². The van der Waals surface area contributed by atoms with Gasteiger partial charge in [0, 0.05) is 12.0 Å². The van der Waals surface area contributed by atoms with Crippen LogP contribution in [-0.2, 0) is 14.8 Å². The van der Waals surface area contributed by atoms with Crippen LogP contribution in [0.1, 0.15) is 56.4 Å². The van der Waals surface area contributed by atoms with Crippen LogP contribution in [0, 0.1) is 11.8 Å². The number of para-hydroxylation sites is 1. The van der Waals surface area contributed by atoms with Crippen LogP contribution >= 0.6 is 0 Å².